The Bertz CT molecular complexity index is 924. The quantitative estimate of drug-likeness (QED) is 0.782. The summed E-state index contributed by atoms with van der Waals surface area (Å²) < 4.78 is 38.8. The highest BCUT2D eigenvalue weighted by atomic mass is 19.4. The lowest BCUT2D eigenvalue weighted by Crippen LogP contribution is -2.36. The van der Waals surface area contributed by atoms with Gasteiger partial charge in [-0.05, 0) is 44.8 Å². The number of amides is 1. The van der Waals surface area contributed by atoms with Crippen LogP contribution in [0, 0.1) is 0 Å². The summed E-state index contributed by atoms with van der Waals surface area (Å²) in [5, 5.41) is 11.8. The number of aromatic nitrogens is 2. The first-order valence-corrected chi connectivity index (χ1v) is 9.35. The zero-order valence-corrected chi connectivity index (χ0v) is 17.7. The van der Waals surface area contributed by atoms with Crippen LogP contribution in [0.2, 0.25) is 0 Å². The predicted octanol–water partition coefficient (Wildman–Crippen LogP) is 2.32. The SMILES string of the molecule is COc1ccc(C(=O)N2CCc3c(CN(C)C)nn(C)c3C2)cc1.O=C(O)C(F)(F)F. The summed E-state index contributed by atoms with van der Waals surface area (Å²) in [6, 6.07) is 7.28. The Morgan fingerprint density at radius 3 is 2.29 bits per heavy atom. The van der Waals surface area contributed by atoms with E-state index in [1.54, 1.807) is 7.11 Å². The lowest BCUT2D eigenvalue weighted by molar-refractivity contribution is -0.192. The number of hydrogen-bond acceptors (Lipinski definition) is 5. The van der Waals surface area contributed by atoms with E-state index < -0.39 is 12.1 Å². The van der Waals surface area contributed by atoms with E-state index >= 15 is 0 Å². The summed E-state index contributed by atoms with van der Waals surface area (Å²) in [4.78, 5) is 25.7. The van der Waals surface area contributed by atoms with Crippen LogP contribution in [0.5, 0.6) is 5.75 Å². The third-order valence-electron chi connectivity index (χ3n) is 4.66. The molecule has 0 atom stereocenters. The molecule has 1 N–H and O–H groups in total. The summed E-state index contributed by atoms with van der Waals surface area (Å²) >= 11 is 0. The van der Waals surface area contributed by atoms with Gasteiger partial charge in [0.05, 0.1) is 25.0 Å². The van der Waals surface area contributed by atoms with Crippen molar-refractivity contribution in [1.29, 1.82) is 0 Å². The minimum atomic E-state index is -5.08. The van der Waals surface area contributed by atoms with Gasteiger partial charge in [0.15, 0.2) is 0 Å². The molecule has 0 unspecified atom stereocenters. The van der Waals surface area contributed by atoms with Crippen molar-refractivity contribution in [3.8, 4) is 5.75 Å². The molecule has 0 saturated carbocycles. The van der Waals surface area contributed by atoms with Gasteiger partial charge >= 0.3 is 12.1 Å². The molecule has 1 aromatic heterocycles. The average Bonchev–Trinajstić information content (AvgIpc) is 3.01. The van der Waals surface area contributed by atoms with Crippen LogP contribution >= 0.6 is 0 Å². The fraction of sp³-hybridized carbons (Fsp3) is 0.450. The molecule has 2 aromatic rings. The second-order valence-electron chi connectivity index (χ2n) is 7.24. The second-order valence-corrected chi connectivity index (χ2v) is 7.24. The van der Waals surface area contributed by atoms with Crippen molar-refractivity contribution >= 4 is 11.9 Å². The smallest absolute Gasteiger partial charge is 0.490 e. The molecule has 170 valence electrons. The van der Waals surface area contributed by atoms with Crippen molar-refractivity contribution in [2.75, 3.05) is 27.7 Å². The molecule has 0 fully saturated rings. The minimum absolute atomic E-state index is 0.0543. The van der Waals surface area contributed by atoms with Crippen LogP contribution < -0.4 is 4.74 Å². The molecule has 8 nitrogen and oxygen atoms in total. The number of ether oxygens (including phenoxy) is 1. The Labute approximate surface area is 177 Å². The number of rotatable bonds is 4. The molecule has 0 bridgehead atoms. The number of fused-ring (bicyclic) bond motifs is 1. The predicted molar refractivity (Wildman–Crippen MR) is 106 cm³/mol. The van der Waals surface area contributed by atoms with Crippen molar-refractivity contribution in [3.05, 3.63) is 46.8 Å². The summed E-state index contributed by atoms with van der Waals surface area (Å²) in [6.45, 7) is 2.16. The fourth-order valence-electron chi connectivity index (χ4n) is 3.17. The van der Waals surface area contributed by atoms with Gasteiger partial charge in [-0.3, -0.25) is 9.48 Å². The standard InChI is InChI=1S/C18H24N4O2.C2HF3O2/c1-20(2)11-16-15-9-10-22(12-17(15)21(3)19-16)18(23)13-5-7-14(24-4)8-6-13;3-2(4,5)1(6)7/h5-8H,9-12H2,1-4H3;(H,6,7). The zero-order chi connectivity index (χ0) is 23.3. The van der Waals surface area contributed by atoms with Gasteiger partial charge in [-0.2, -0.15) is 18.3 Å². The van der Waals surface area contributed by atoms with E-state index in [0.717, 1.165) is 36.6 Å². The maximum atomic E-state index is 12.8. The minimum Gasteiger partial charge on any atom is -0.497 e. The third kappa shape index (κ3) is 6.20. The number of halogens is 3. The van der Waals surface area contributed by atoms with Gasteiger partial charge in [-0.1, -0.05) is 0 Å². The number of alkyl halides is 3. The van der Waals surface area contributed by atoms with E-state index in [-0.39, 0.29) is 5.91 Å². The molecule has 1 aliphatic rings. The summed E-state index contributed by atoms with van der Waals surface area (Å²) in [5.41, 5.74) is 4.24. The molecule has 11 heteroatoms. The van der Waals surface area contributed by atoms with Gasteiger partial charge in [0.1, 0.15) is 5.75 Å². The van der Waals surface area contributed by atoms with Crippen molar-refractivity contribution in [2.45, 2.75) is 25.7 Å². The van der Waals surface area contributed by atoms with Gasteiger partial charge in [-0.25, -0.2) is 4.79 Å². The molecule has 1 aliphatic heterocycles. The first-order chi connectivity index (χ1) is 14.4. The molecular formula is C20H25F3N4O4. The number of carbonyl (C=O) groups excluding carboxylic acids is 1. The molecule has 0 aliphatic carbocycles. The van der Waals surface area contributed by atoms with Crippen molar-refractivity contribution < 1.29 is 32.6 Å². The maximum absolute atomic E-state index is 12.8. The summed E-state index contributed by atoms with van der Waals surface area (Å²) in [7, 11) is 7.67. The van der Waals surface area contributed by atoms with E-state index in [0.29, 0.717) is 12.1 Å². The van der Waals surface area contributed by atoms with E-state index in [4.69, 9.17) is 14.6 Å². The molecule has 2 heterocycles. The molecule has 1 aromatic carbocycles. The van der Waals surface area contributed by atoms with Gasteiger partial charge < -0.3 is 19.6 Å². The molecule has 31 heavy (non-hydrogen) atoms. The van der Waals surface area contributed by atoms with E-state index in [1.165, 1.54) is 5.56 Å². The second kappa shape index (κ2) is 9.82. The Balaban J connectivity index is 0.000000423. The number of carboxylic acids is 1. The number of nitrogens with zero attached hydrogens (tertiary/aromatic N) is 4. The highest BCUT2D eigenvalue weighted by molar-refractivity contribution is 5.94. The lowest BCUT2D eigenvalue weighted by atomic mass is 10.0. The first-order valence-electron chi connectivity index (χ1n) is 9.35. The lowest BCUT2D eigenvalue weighted by Gasteiger charge is -2.28. The van der Waals surface area contributed by atoms with Crippen LogP contribution in [0.4, 0.5) is 13.2 Å². The van der Waals surface area contributed by atoms with E-state index in [1.807, 2.05) is 55.0 Å². The van der Waals surface area contributed by atoms with Gasteiger partial charge in [0, 0.05) is 31.3 Å². The van der Waals surface area contributed by atoms with Crippen molar-refractivity contribution in [1.82, 2.24) is 19.6 Å². The molecule has 0 saturated heterocycles. The highest BCUT2D eigenvalue weighted by Gasteiger charge is 2.38. The highest BCUT2D eigenvalue weighted by Crippen LogP contribution is 2.24. The molecular weight excluding hydrogens is 417 g/mol. The first kappa shape index (κ1) is 24.2. The van der Waals surface area contributed by atoms with Crippen LogP contribution in [-0.4, -0.2) is 70.5 Å². The van der Waals surface area contributed by atoms with E-state index in [2.05, 4.69) is 10.00 Å². The van der Waals surface area contributed by atoms with Crippen LogP contribution in [0.25, 0.3) is 0 Å². The molecule has 0 radical (unpaired) electrons. The summed E-state index contributed by atoms with van der Waals surface area (Å²) in [6.07, 6.45) is -4.23. The van der Waals surface area contributed by atoms with Crippen molar-refractivity contribution in [3.63, 3.8) is 0 Å². The normalized spacial score (nSPS) is 13.4. The molecule has 1 amide bonds. The van der Waals surface area contributed by atoms with Crippen molar-refractivity contribution in [2.24, 2.45) is 7.05 Å². The Kier molecular flexibility index (Phi) is 7.66. The average molecular weight is 442 g/mol. The Morgan fingerprint density at radius 1 is 1.23 bits per heavy atom. The van der Waals surface area contributed by atoms with Crippen LogP contribution in [0.3, 0.4) is 0 Å². The van der Waals surface area contributed by atoms with Gasteiger partial charge in [0.25, 0.3) is 5.91 Å². The largest absolute Gasteiger partial charge is 0.497 e. The monoisotopic (exact) mass is 442 g/mol. The van der Waals surface area contributed by atoms with Gasteiger partial charge in [0.2, 0.25) is 0 Å². The number of benzene rings is 1. The zero-order valence-electron chi connectivity index (χ0n) is 17.7. The molecule has 0 spiro atoms. The number of methoxy groups -OCH3 is 1. The van der Waals surface area contributed by atoms with Crippen LogP contribution in [0.15, 0.2) is 24.3 Å². The number of aliphatic carboxylic acids is 1. The topological polar surface area (TPSA) is 87.9 Å². The summed E-state index contributed by atoms with van der Waals surface area (Å²) in [5.74, 6) is -1.95. The number of carboxylic acid groups (broad SMARTS) is 1. The Hall–Kier alpha value is -3.08. The third-order valence-corrected chi connectivity index (χ3v) is 4.66. The van der Waals surface area contributed by atoms with E-state index in [9.17, 15) is 18.0 Å². The number of hydrogen-bond donors (Lipinski definition) is 1. The van der Waals surface area contributed by atoms with Gasteiger partial charge in [-0.15, -0.1) is 0 Å². The molecule has 3 rings (SSSR count). The number of aryl methyl sites for hydroxylation is 1. The number of carbonyl (C=O) groups is 2. The maximum Gasteiger partial charge on any atom is 0.490 e. The fourth-order valence-corrected chi connectivity index (χ4v) is 3.17. The Morgan fingerprint density at radius 2 is 1.81 bits per heavy atom. The van der Waals surface area contributed by atoms with Crippen LogP contribution in [0.1, 0.15) is 27.3 Å². The van der Waals surface area contributed by atoms with Crippen LogP contribution in [-0.2, 0) is 31.4 Å².